The number of unbranched alkanes of at least 4 members (excludes halogenated alkanes) is 9. The van der Waals surface area contributed by atoms with Gasteiger partial charge in [-0.1, -0.05) is 83.8 Å². The van der Waals surface area contributed by atoms with Crippen LogP contribution in [0.1, 0.15) is 106 Å². The van der Waals surface area contributed by atoms with Crippen molar-refractivity contribution >= 4 is 5.97 Å². The number of ether oxygens (including phenoxy) is 1. The van der Waals surface area contributed by atoms with E-state index in [-0.39, 0.29) is 0 Å². The van der Waals surface area contributed by atoms with Gasteiger partial charge < -0.3 is 4.74 Å². The number of rotatable bonds is 17. The third-order valence-electron chi connectivity index (χ3n) is 7.50. The number of nitrogens with zero attached hydrogens (tertiary/aromatic N) is 4. The minimum Gasteiger partial charge on any atom is -0.423 e. The predicted molar refractivity (Wildman–Crippen MR) is 169 cm³/mol. The maximum atomic E-state index is 12.7. The SMILES string of the molecule is CCCCCCCCc1cnc(-c2ccc(OC(=O)c3ccc(-c4ncc(CCCCCCC)cn4)cc3)cc2)nc1. The molecule has 0 aliphatic carbocycles. The van der Waals surface area contributed by atoms with Gasteiger partial charge in [-0.25, -0.2) is 24.7 Å². The van der Waals surface area contributed by atoms with E-state index in [9.17, 15) is 4.79 Å². The molecule has 6 heteroatoms. The van der Waals surface area contributed by atoms with Crippen molar-refractivity contribution < 1.29 is 9.53 Å². The normalized spacial score (nSPS) is 11.0. The van der Waals surface area contributed by atoms with E-state index in [4.69, 9.17) is 4.74 Å². The lowest BCUT2D eigenvalue weighted by atomic mass is 10.1. The molecular weight excluding hydrogens is 520 g/mol. The van der Waals surface area contributed by atoms with Gasteiger partial charge in [0.2, 0.25) is 0 Å². The molecule has 2 heterocycles. The van der Waals surface area contributed by atoms with Crippen LogP contribution in [0.4, 0.5) is 0 Å². The van der Waals surface area contributed by atoms with Gasteiger partial charge in [0, 0.05) is 35.9 Å². The van der Waals surface area contributed by atoms with Crippen LogP contribution in [0.25, 0.3) is 22.8 Å². The lowest BCUT2D eigenvalue weighted by Crippen LogP contribution is -2.08. The van der Waals surface area contributed by atoms with Gasteiger partial charge in [0.25, 0.3) is 0 Å². The molecule has 4 rings (SSSR count). The summed E-state index contributed by atoms with van der Waals surface area (Å²) in [4.78, 5) is 30.9. The Kier molecular flexibility index (Phi) is 12.6. The predicted octanol–water partition coefficient (Wildman–Crippen LogP) is 9.24. The van der Waals surface area contributed by atoms with Crippen molar-refractivity contribution in [1.29, 1.82) is 0 Å². The highest BCUT2D eigenvalue weighted by atomic mass is 16.5. The maximum Gasteiger partial charge on any atom is 0.343 e. The van der Waals surface area contributed by atoms with Crippen LogP contribution in [0.3, 0.4) is 0 Å². The second-order valence-corrected chi connectivity index (χ2v) is 11.0. The highest BCUT2D eigenvalue weighted by Gasteiger charge is 2.11. The van der Waals surface area contributed by atoms with Gasteiger partial charge >= 0.3 is 5.97 Å². The molecule has 2 aromatic carbocycles. The summed E-state index contributed by atoms with van der Waals surface area (Å²) < 4.78 is 5.60. The lowest BCUT2D eigenvalue weighted by molar-refractivity contribution is 0.0735. The molecule has 0 radical (unpaired) electrons. The van der Waals surface area contributed by atoms with Gasteiger partial charge in [-0.2, -0.15) is 0 Å². The minimum atomic E-state index is -0.413. The molecule has 0 bridgehead atoms. The third-order valence-corrected chi connectivity index (χ3v) is 7.50. The number of hydrogen-bond donors (Lipinski definition) is 0. The van der Waals surface area contributed by atoms with E-state index in [0.29, 0.717) is 23.0 Å². The molecule has 0 saturated carbocycles. The van der Waals surface area contributed by atoms with Crippen molar-refractivity contribution in [3.05, 3.63) is 90.0 Å². The molecule has 0 aliphatic heterocycles. The maximum absolute atomic E-state index is 12.7. The number of aromatic nitrogens is 4. The van der Waals surface area contributed by atoms with Gasteiger partial charge in [-0.3, -0.25) is 0 Å². The molecule has 42 heavy (non-hydrogen) atoms. The van der Waals surface area contributed by atoms with Crippen LogP contribution < -0.4 is 4.74 Å². The smallest absolute Gasteiger partial charge is 0.343 e. The van der Waals surface area contributed by atoms with E-state index in [1.807, 2.05) is 49.1 Å². The third kappa shape index (κ3) is 9.86. The summed E-state index contributed by atoms with van der Waals surface area (Å²) in [7, 11) is 0. The van der Waals surface area contributed by atoms with Crippen LogP contribution in [0.5, 0.6) is 5.75 Å². The van der Waals surface area contributed by atoms with Gasteiger partial charge in [-0.05, 0) is 73.2 Å². The van der Waals surface area contributed by atoms with Gasteiger partial charge in [0.05, 0.1) is 5.56 Å². The molecule has 0 unspecified atom stereocenters. The monoisotopic (exact) mass is 564 g/mol. The summed E-state index contributed by atoms with van der Waals surface area (Å²) in [5.41, 5.74) is 4.54. The zero-order valence-electron chi connectivity index (χ0n) is 25.2. The number of benzene rings is 2. The Balaban J connectivity index is 1.24. The number of esters is 1. The van der Waals surface area contributed by atoms with Crippen molar-refractivity contribution in [2.45, 2.75) is 97.3 Å². The van der Waals surface area contributed by atoms with E-state index in [1.165, 1.54) is 76.2 Å². The molecule has 0 spiro atoms. The Morgan fingerprint density at radius 3 is 1.40 bits per heavy atom. The Labute approximate surface area is 251 Å². The zero-order valence-corrected chi connectivity index (χ0v) is 25.2. The number of carbonyl (C=O) groups excluding carboxylic acids is 1. The molecule has 6 nitrogen and oxygen atoms in total. The lowest BCUT2D eigenvalue weighted by Gasteiger charge is -2.07. The molecule has 0 atom stereocenters. The number of aryl methyl sites for hydroxylation is 2. The van der Waals surface area contributed by atoms with Crippen LogP contribution in [0.2, 0.25) is 0 Å². The fraction of sp³-hybridized carbons (Fsp3) is 0.417. The van der Waals surface area contributed by atoms with Crippen molar-refractivity contribution in [2.24, 2.45) is 0 Å². The summed E-state index contributed by atoms with van der Waals surface area (Å²) in [6, 6.07) is 14.5. The minimum absolute atomic E-state index is 0.413. The molecule has 0 amide bonds. The standard InChI is InChI=1S/C36H44N4O2/c1-3-5-7-9-11-13-15-29-26-39-35(40-27-29)31-20-22-33(23-21-31)42-36(41)32-18-16-30(17-19-32)34-37-24-28(25-38-34)14-12-10-8-6-4-2/h16-27H,3-15H2,1-2H3. The van der Waals surface area contributed by atoms with Gasteiger partial charge in [0.1, 0.15) is 5.75 Å². The first-order chi connectivity index (χ1) is 20.7. The van der Waals surface area contributed by atoms with E-state index in [0.717, 1.165) is 29.5 Å². The number of carbonyl (C=O) groups is 1. The molecule has 0 fully saturated rings. The summed E-state index contributed by atoms with van der Waals surface area (Å²) in [6.45, 7) is 4.47. The first kappa shape index (κ1) is 31.0. The average molecular weight is 565 g/mol. The van der Waals surface area contributed by atoms with Crippen LogP contribution in [-0.2, 0) is 12.8 Å². The second kappa shape index (κ2) is 17.1. The molecule has 0 N–H and O–H groups in total. The second-order valence-electron chi connectivity index (χ2n) is 11.0. The molecule has 4 aromatic rings. The molecule has 2 aromatic heterocycles. The first-order valence-corrected chi connectivity index (χ1v) is 15.7. The van der Waals surface area contributed by atoms with Crippen molar-refractivity contribution in [3.8, 4) is 28.5 Å². The Hall–Kier alpha value is -3.93. The first-order valence-electron chi connectivity index (χ1n) is 15.7. The summed E-state index contributed by atoms with van der Waals surface area (Å²) in [5.74, 6) is 1.38. The van der Waals surface area contributed by atoms with E-state index in [2.05, 4.69) is 33.8 Å². The van der Waals surface area contributed by atoms with E-state index in [1.54, 1.807) is 24.3 Å². The van der Waals surface area contributed by atoms with Crippen molar-refractivity contribution in [3.63, 3.8) is 0 Å². The van der Waals surface area contributed by atoms with Crippen LogP contribution in [-0.4, -0.2) is 25.9 Å². The summed E-state index contributed by atoms with van der Waals surface area (Å²) >= 11 is 0. The zero-order chi connectivity index (χ0) is 29.4. The fourth-order valence-electron chi connectivity index (χ4n) is 4.90. The van der Waals surface area contributed by atoms with Gasteiger partial charge in [-0.15, -0.1) is 0 Å². The quantitative estimate of drug-likeness (QED) is 0.0722. The number of hydrogen-bond acceptors (Lipinski definition) is 6. The summed E-state index contributed by atoms with van der Waals surface area (Å²) in [6.07, 6.45) is 23.6. The Morgan fingerprint density at radius 1 is 0.548 bits per heavy atom. The topological polar surface area (TPSA) is 77.9 Å². The van der Waals surface area contributed by atoms with E-state index < -0.39 is 5.97 Å². The van der Waals surface area contributed by atoms with Crippen molar-refractivity contribution in [1.82, 2.24) is 19.9 Å². The Bertz CT molecular complexity index is 1340. The van der Waals surface area contributed by atoms with Gasteiger partial charge in [0.15, 0.2) is 11.6 Å². The largest absolute Gasteiger partial charge is 0.423 e. The Morgan fingerprint density at radius 2 is 0.952 bits per heavy atom. The molecular formula is C36H44N4O2. The molecule has 0 aliphatic rings. The molecule has 0 saturated heterocycles. The van der Waals surface area contributed by atoms with Crippen LogP contribution in [0.15, 0.2) is 73.3 Å². The summed E-state index contributed by atoms with van der Waals surface area (Å²) in [5, 5.41) is 0. The average Bonchev–Trinajstić information content (AvgIpc) is 3.04. The fourth-order valence-corrected chi connectivity index (χ4v) is 4.90. The molecule has 220 valence electrons. The van der Waals surface area contributed by atoms with E-state index >= 15 is 0 Å². The highest BCUT2D eigenvalue weighted by Crippen LogP contribution is 2.22. The van der Waals surface area contributed by atoms with Crippen LogP contribution in [0, 0.1) is 0 Å². The van der Waals surface area contributed by atoms with Crippen molar-refractivity contribution in [2.75, 3.05) is 0 Å². The van der Waals surface area contributed by atoms with Crippen LogP contribution >= 0.6 is 0 Å². The highest BCUT2D eigenvalue weighted by molar-refractivity contribution is 5.91.